The van der Waals surface area contributed by atoms with Gasteiger partial charge in [0.1, 0.15) is 17.2 Å². The lowest BCUT2D eigenvalue weighted by atomic mass is 10.2. The summed E-state index contributed by atoms with van der Waals surface area (Å²) in [6.07, 6.45) is 1.42. The number of carbonyl (C=O) groups excluding carboxylic acids is 1. The smallest absolute Gasteiger partial charge is 0.260 e. The molecule has 2 rings (SSSR count). The van der Waals surface area contributed by atoms with Crippen LogP contribution in [-0.4, -0.2) is 22.8 Å². The average molecular weight is 278 g/mol. The number of aromatic nitrogens is 1. The molecule has 0 radical (unpaired) electrons. The molecule has 0 fully saturated rings. The number of aromatic amines is 1. The van der Waals surface area contributed by atoms with Crippen LogP contribution in [-0.2, 0) is 6.54 Å². The third-order valence-electron chi connectivity index (χ3n) is 2.82. The number of amides is 1. The fourth-order valence-electron chi connectivity index (χ4n) is 1.77. The van der Waals surface area contributed by atoms with Crippen LogP contribution in [0.3, 0.4) is 0 Å². The van der Waals surface area contributed by atoms with Crippen LogP contribution in [0.4, 0.5) is 8.78 Å². The van der Waals surface area contributed by atoms with Crippen LogP contribution in [0, 0.1) is 11.6 Å². The Morgan fingerprint density at radius 3 is 2.70 bits per heavy atom. The van der Waals surface area contributed by atoms with Crippen molar-refractivity contribution in [3.05, 3.63) is 69.6 Å². The average Bonchev–Trinajstić information content (AvgIpc) is 2.41. The first kappa shape index (κ1) is 13.9. The largest absolute Gasteiger partial charge is 0.337 e. The second-order valence-corrected chi connectivity index (χ2v) is 4.31. The number of benzene rings is 1. The molecule has 0 aliphatic carbocycles. The van der Waals surface area contributed by atoms with Gasteiger partial charge in [-0.25, -0.2) is 8.78 Å². The van der Waals surface area contributed by atoms with Crippen molar-refractivity contribution in [1.82, 2.24) is 9.88 Å². The van der Waals surface area contributed by atoms with Crippen LogP contribution >= 0.6 is 0 Å². The lowest BCUT2D eigenvalue weighted by Gasteiger charge is -2.17. The molecule has 2 aromatic rings. The molecular formula is C14H12F2N2O2. The predicted molar refractivity (Wildman–Crippen MR) is 69.2 cm³/mol. The zero-order valence-electron chi connectivity index (χ0n) is 10.7. The van der Waals surface area contributed by atoms with E-state index in [0.717, 1.165) is 12.1 Å². The fraction of sp³-hybridized carbons (Fsp3) is 0.143. The predicted octanol–water partition coefficient (Wildman–Crippen LogP) is 1.93. The highest BCUT2D eigenvalue weighted by molar-refractivity contribution is 5.93. The molecule has 20 heavy (non-hydrogen) atoms. The molecule has 104 valence electrons. The molecule has 0 saturated heterocycles. The van der Waals surface area contributed by atoms with Gasteiger partial charge in [0.05, 0.1) is 0 Å². The SMILES string of the molecule is CN(Cc1ccc(F)cc1F)C(=O)c1ccc[nH]c1=O. The number of rotatable bonds is 3. The van der Waals surface area contributed by atoms with Crippen molar-refractivity contribution in [2.75, 3.05) is 7.05 Å². The van der Waals surface area contributed by atoms with Gasteiger partial charge in [0.15, 0.2) is 0 Å². The summed E-state index contributed by atoms with van der Waals surface area (Å²) < 4.78 is 26.3. The summed E-state index contributed by atoms with van der Waals surface area (Å²) in [4.78, 5) is 27.1. The van der Waals surface area contributed by atoms with Crippen molar-refractivity contribution in [1.29, 1.82) is 0 Å². The van der Waals surface area contributed by atoms with Gasteiger partial charge >= 0.3 is 0 Å². The van der Waals surface area contributed by atoms with E-state index >= 15 is 0 Å². The summed E-state index contributed by atoms with van der Waals surface area (Å²) in [6, 6.07) is 6.05. The van der Waals surface area contributed by atoms with Crippen LogP contribution in [0.5, 0.6) is 0 Å². The summed E-state index contributed by atoms with van der Waals surface area (Å²) in [5.41, 5.74) is -0.365. The molecule has 6 heteroatoms. The van der Waals surface area contributed by atoms with Gasteiger partial charge < -0.3 is 9.88 Å². The van der Waals surface area contributed by atoms with Gasteiger partial charge in [0.25, 0.3) is 11.5 Å². The van der Waals surface area contributed by atoms with E-state index in [1.807, 2.05) is 0 Å². The molecule has 1 N–H and O–H groups in total. The Kier molecular flexibility index (Phi) is 3.93. The second-order valence-electron chi connectivity index (χ2n) is 4.31. The van der Waals surface area contributed by atoms with E-state index in [2.05, 4.69) is 4.98 Å². The van der Waals surface area contributed by atoms with Gasteiger partial charge in [-0.2, -0.15) is 0 Å². The van der Waals surface area contributed by atoms with Crippen LogP contribution in [0.1, 0.15) is 15.9 Å². The Bertz CT molecular complexity index is 698. The van der Waals surface area contributed by atoms with Crippen molar-refractivity contribution >= 4 is 5.91 Å². The Morgan fingerprint density at radius 1 is 1.30 bits per heavy atom. The molecule has 0 aliphatic heterocycles. The van der Waals surface area contributed by atoms with Gasteiger partial charge in [0, 0.05) is 31.4 Å². The monoisotopic (exact) mass is 278 g/mol. The van der Waals surface area contributed by atoms with Gasteiger partial charge in [-0.05, 0) is 18.2 Å². The van der Waals surface area contributed by atoms with E-state index in [9.17, 15) is 18.4 Å². The third kappa shape index (κ3) is 2.90. The maximum absolute atomic E-state index is 13.5. The molecule has 1 aromatic carbocycles. The molecule has 0 spiro atoms. The molecule has 0 saturated carbocycles. The van der Waals surface area contributed by atoms with Gasteiger partial charge in [-0.15, -0.1) is 0 Å². The lowest BCUT2D eigenvalue weighted by molar-refractivity contribution is 0.0782. The maximum Gasteiger partial charge on any atom is 0.260 e. The molecule has 1 heterocycles. The summed E-state index contributed by atoms with van der Waals surface area (Å²) in [5.74, 6) is -1.94. The number of hydrogen-bond donors (Lipinski definition) is 1. The summed E-state index contributed by atoms with van der Waals surface area (Å²) in [7, 11) is 1.44. The van der Waals surface area contributed by atoms with Crippen LogP contribution in [0.25, 0.3) is 0 Å². The van der Waals surface area contributed by atoms with Crippen molar-refractivity contribution in [2.24, 2.45) is 0 Å². The van der Waals surface area contributed by atoms with E-state index in [1.54, 1.807) is 0 Å². The molecular weight excluding hydrogens is 266 g/mol. The Hall–Kier alpha value is -2.50. The minimum Gasteiger partial charge on any atom is -0.337 e. The summed E-state index contributed by atoms with van der Waals surface area (Å²) in [6.45, 7) is -0.0563. The molecule has 0 atom stereocenters. The third-order valence-corrected chi connectivity index (χ3v) is 2.82. The molecule has 4 nitrogen and oxygen atoms in total. The van der Waals surface area contributed by atoms with E-state index in [0.29, 0.717) is 0 Å². The van der Waals surface area contributed by atoms with Crippen molar-refractivity contribution < 1.29 is 13.6 Å². The van der Waals surface area contributed by atoms with Crippen molar-refractivity contribution in [3.63, 3.8) is 0 Å². The lowest BCUT2D eigenvalue weighted by Crippen LogP contribution is -2.31. The highest BCUT2D eigenvalue weighted by Gasteiger charge is 2.16. The maximum atomic E-state index is 13.5. The highest BCUT2D eigenvalue weighted by Crippen LogP contribution is 2.12. The van der Waals surface area contributed by atoms with Gasteiger partial charge in [0.2, 0.25) is 0 Å². The van der Waals surface area contributed by atoms with E-state index in [-0.39, 0.29) is 17.7 Å². The van der Waals surface area contributed by atoms with Crippen LogP contribution < -0.4 is 5.56 Å². The molecule has 0 aliphatic rings. The molecule has 1 amide bonds. The minimum atomic E-state index is -0.730. The zero-order chi connectivity index (χ0) is 14.7. The number of nitrogens with zero attached hydrogens (tertiary/aromatic N) is 1. The number of nitrogens with one attached hydrogen (secondary N) is 1. The normalized spacial score (nSPS) is 10.3. The number of hydrogen-bond acceptors (Lipinski definition) is 2. The summed E-state index contributed by atoms with van der Waals surface area (Å²) in [5, 5.41) is 0. The first-order chi connectivity index (χ1) is 9.49. The van der Waals surface area contributed by atoms with Crippen LogP contribution in [0.2, 0.25) is 0 Å². The van der Waals surface area contributed by atoms with Crippen molar-refractivity contribution in [3.8, 4) is 0 Å². The Labute approximate surface area is 113 Å². The number of pyridine rings is 1. The van der Waals surface area contributed by atoms with E-state index < -0.39 is 23.1 Å². The van der Waals surface area contributed by atoms with Gasteiger partial charge in [-0.3, -0.25) is 9.59 Å². The minimum absolute atomic E-state index is 0.0301. The highest BCUT2D eigenvalue weighted by atomic mass is 19.1. The first-order valence-corrected chi connectivity index (χ1v) is 5.86. The van der Waals surface area contributed by atoms with E-state index in [1.165, 1.54) is 36.3 Å². The zero-order valence-corrected chi connectivity index (χ0v) is 10.7. The quantitative estimate of drug-likeness (QED) is 0.932. The van der Waals surface area contributed by atoms with E-state index in [4.69, 9.17) is 0 Å². The molecule has 0 unspecified atom stereocenters. The Balaban J connectivity index is 2.20. The number of carbonyl (C=O) groups is 1. The van der Waals surface area contributed by atoms with Crippen molar-refractivity contribution in [2.45, 2.75) is 6.54 Å². The topological polar surface area (TPSA) is 53.2 Å². The Morgan fingerprint density at radius 2 is 2.05 bits per heavy atom. The first-order valence-electron chi connectivity index (χ1n) is 5.86. The standard InChI is InChI=1S/C14H12F2N2O2/c1-18(8-9-4-5-10(15)7-12(9)16)14(20)11-3-2-6-17-13(11)19/h2-7H,8H2,1H3,(H,17,19). The number of halogens is 2. The van der Waals surface area contributed by atoms with Gasteiger partial charge in [-0.1, -0.05) is 6.07 Å². The number of H-pyrrole nitrogens is 1. The second kappa shape index (κ2) is 5.64. The fourth-order valence-corrected chi connectivity index (χ4v) is 1.77. The summed E-state index contributed by atoms with van der Waals surface area (Å²) >= 11 is 0. The van der Waals surface area contributed by atoms with Crippen LogP contribution in [0.15, 0.2) is 41.3 Å². The molecule has 0 bridgehead atoms. The molecule has 1 aromatic heterocycles.